The summed E-state index contributed by atoms with van der Waals surface area (Å²) in [4.78, 5) is 19.0. The number of pyridine rings is 1. The number of anilines is 2. The van der Waals surface area contributed by atoms with Crippen LogP contribution in [0.1, 0.15) is 70.4 Å². The van der Waals surface area contributed by atoms with Crippen molar-refractivity contribution in [2.75, 3.05) is 30.3 Å². The number of benzene rings is 2. The van der Waals surface area contributed by atoms with Gasteiger partial charge in [-0.2, -0.15) is 4.39 Å². The summed E-state index contributed by atoms with van der Waals surface area (Å²) >= 11 is 0. The number of nitrogens with zero attached hydrogens (tertiary/aromatic N) is 2. The van der Waals surface area contributed by atoms with Crippen LogP contribution in [0.5, 0.6) is 5.75 Å². The van der Waals surface area contributed by atoms with E-state index in [4.69, 9.17) is 15.2 Å². The third-order valence-corrected chi connectivity index (χ3v) is 7.69. The summed E-state index contributed by atoms with van der Waals surface area (Å²) in [6.07, 6.45) is 0.519. The molecule has 1 fully saturated rings. The Hall–Kier alpha value is -3.79. The van der Waals surface area contributed by atoms with Gasteiger partial charge >= 0.3 is 5.97 Å². The van der Waals surface area contributed by atoms with Gasteiger partial charge in [0.1, 0.15) is 11.6 Å². The van der Waals surface area contributed by atoms with Gasteiger partial charge in [0.25, 0.3) is 0 Å². The lowest BCUT2D eigenvalue weighted by atomic mass is 9.82. The number of rotatable bonds is 9. The topological polar surface area (TPSA) is 97.9 Å². The number of nitrogens with two attached hydrogens (primary N) is 1. The van der Waals surface area contributed by atoms with Crippen molar-refractivity contribution in [3.63, 3.8) is 0 Å². The molecular weight excluding hydrogens is 559 g/mol. The first-order valence-corrected chi connectivity index (χ1v) is 14.4. The van der Waals surface area contributed by atoms with Crippen molar-refractivity contribution < 1.29 is 32.5 Å². The van der Waals surface area contributed by atoms with Crippen LogP contribution in [-0.4, -0.2) is 41.4 Å². The summed E-state index contributed by atoms with van der Waals surface area (Å²) in [5.74, 6) is -4.33. The van der Waals surface area contributed by atoms with Crippen LogP contribution < -0.4 is 15.4 Å². The van der Waals surface area contributed by atoms with E-state index in [1.54, 1.807) is 39.8 Å². The van der Waals surface area contributed by atoms with Gasteiger partial charge in [-0.15, -0.1) is 0 Å². The fraction of sp³-hybridized carbons (Fsp3) is 0.455. The van der Waals surface area contributed by atoms with Gasteiger partial charge in [0.2, 0.25) is 5.82 Å². The van der Waals surface area contributed by atoms with Gasteiger partial charge in [-0.05, 0) is 75.8 Å². The number of halogens is 3. The summed E-state index contributed by atoms with van der Waals surface area (Å²) in [7, 11) is 0. The number of hydrogen-bond donors (Lipinski definition) is 2. The van der Waals surface area contributed by atoms with Crippen LogP contribution in [0.25, 0.3) is 11.1 Å². The van der Waals surface area contributed by atoms with Gasteiger partial charge in [-0.25, -0.2) is 18.6 Å². The Morgan fingerprint density at radius 3 is 2.28 bits per heavy atom. The molecule has 1 aliphatic rings. The quantitative estimate of drug-likeness (QED) is 0.267. The lowest BCUT2D eigenvalue weighted by Crippen LogP contribution is -2.39. The van der Waals surface area contributed by atoms with Crippen LogP contribution >= 0.6 is 0 Å². The summed E-state index contributed by atoms with van der Waals surface area (Å²) in [6.45, 7) is 12.3. The van der Waals surface area contributed by atoms with Crippen molar-refractivity contribution in [1.29, 1.82) is 0 Å². The van der Waals surface area contributed by atoms with E-state index in [-0.39, 0.29) is 46.1 Å². The second-order valence-electron chi connectivity index (χ2n) is 12.8. The lowest BCUT2D eigenvalue weighted by Gasteiger charge is -2.41. The molecule has 7 nitrogen and oxygen atoms in total. The Balaban J connectivity index is 1.81. The SMILES string of the molecule is Cc1nc(N)c(-c2ccc(OCCc3ccc(F)cc3)c(F)c2F)c(N2CCC(C)(C)CC2)c1[C@H](OC(C)(C)C)C(=O)O. The number of nitrogen functional groups attached to an aromatic ring is 1. The zero-order chi connectivity index (χ0) is 31.7. The van der Waals surface area contributed by atoms with Crippen molar-refractivity contribution in [2.45, 2.75) is 72.5 Å². The molecule has 1 atom stereocenters. The molecule has 1 saturated heterocycles. The Morgan fingerprint density at radius 1 is 1.07 bits per heavy atom. The lowest BCUT2D eigenvalue weighted by molar-refractivity contribution is -0.160. The van der Waals surface area contributed by atoms with E-state index >= 15 is 8.78 Å². The second kappa shape index (κ2) is 12.4. The molecule has 4 rings (SSSR count). The fourth-order valence-electron chi connectivity index (χ4n) is 5.32. The molecule has 0 bridgehead atoms. The molecule has 10 heteroatoms. The predicted molar refractivity (Wildman–Crippen MR) is 161 cm³/mol. The third-order valence-electron chi connectivity index (χ3n) is 7.69. The number of aryl methyl sites for hydroxylation is 1. The van der Waals surface area contributed by atoms with Gasteiger partial charge in [0.15, 0.2) is 17.7 Å². The monoisotopic (exact) mass is 599 g/mol. The average molecular weight is 600 g/mol. The molecule has 0 radical (unpaired) electrons. The maximum atomic E-state index is 15.9. The van der Waals surface area contributed by atoms with Crippen LogP contribution in [0.3, 0.4) is 0 Å². The van der Waals surface area contributed by atoms with Gasteiger partial charge in [-0.1, -0.05) is 26.0 Å². The smallest absolute Gasteiger partial charge is 0.337 e. The maximum Gasteiger partial charge on any atom is 0.337 e. The van der Waals surface area contributed by atoms with Gasteiger partial charge < -0.3 is 25.2 Å². The number of carboxylic acid groups (broad SMARTS) is 1. The van der Waals surface area contributed by atoms with E-state index in [2.05, 4.69) is 18.8 Å². The summed E-state index contributed by atoms with van der Waals surface area (Å²) in [5.41, 5.74) is 7.35. The largest absolute Gasteiger partial charge is 0.490 e. The molecule has 0 unspecified atom stereocenters. The normalized spacial score (nSPS) is 15.8. The molecule has 0 aliphatic carbocycles. The molecule has 3 N–H and O–H groups in total. The molecule has 1 aliphatic heterocycles. The van der Waals surface area contributed by atoms with Crippen LogP contribution in [0, 0.1) is 29.8 Å². The van der Waals surface area contributed by atoms with E-state index in [0.29, 0.717) is 30.9 Å². The van der Waals surface area contributed by atoms with E-state index in [9.17, 15) is 14.3 Å². The van der Waals surface area contributed by atoms with E-state index in [1.807, 2.05) is 4.90 Å². The van der Waals surface area contributed by atoms with E-state index < -0.39 is 29.3 Å². The first kappa shape index (κ1) is 32.1. The molecule has 1 aromatic heterocycles. The molecule has 0 saturated carbocycles. The van der Waals surface area contributed by atoms with Crippen molar-refractivity contribution >= 4 is 17.5 Å². The highest BCUT2D eigenvalue weighted by Crippen LogP contribution is 2.47. The number of piperidine rings is 1. The molecule has 2 heterocycles. The third kappa shape index (κ3) is 7.41. The minimum atomic E-state index is -1.43. The number of ether oxygens (including phenoxy) is 2. The maximum absolute atomic E-state index is 15.9. The van der Waals surface area contributed by atoms with E-state index in [1.165, 1.54) is 24.3 Å². The summed E-state index contributed by atoms with van der Waals surface area (Å²) in [5, 5.41) is 10.3. The van der Waals surface area contributed by atoms with Crippen molar-refractivity contribution in [2.24, 2.45) is 5.41 Å². The Labute approximate surface area is 250 Å². The van der Waals surface area contributed by atoms with Gasteiger partial charge in [0.05, 0.1) is 23.5 Å². The van der Waals surface area contributed by atoms with Crippen molar-refractivity contribution in [1.82, 2.24) is 4.98 Å². The fourth-order valence-corrected chi connectivity index (χ4v) is 5.32. The highest BCUT2D eigenvalue weighted by molar-refractivity contribution is 5.92. The Bertz CT molecular complexity index is 1480. The number of hydrogen-bond acceptors (Lipinski definition) is 6. The minimum absolute atomic E-state index is 0.0406. The molecule has 0 amide bonds. The Morgan fingerprint density at radius 2 is 1.70 bits per heavy atom. The van der Waals surface area contributed by atoms with Crippen LogP contribution in [-0.2, 0) is 16.0 Å². The van der Waals surface area contributed by atoms with Gasteiger partial charge in [-0.3, -0.25) is 0 Å². The number of aromatic nitrogens is 1. The van der Waals surface area contributed by atoms with Crippen molar-refractivity contribution in [3.8, 4) is 16.9 Å². The summed E-state index contributed by atoms with van der Waals surface area (Å²) in [6, 6.07) is 8.53. The molecule has 232 valence electrons. The standard InChI is InChI=1S/C33H40F3N3O4/c1-19-24(29(31(40)41)43-32(2,3)4)28(39-16-14-33(5,6)15-17-39)25(30(37)38-19)22-11-12-23(27(36)26(22)35)42-18-13-20-7-9-21(34)10-8-20/h7-12,29H,13-18H2,1-6H3,(H2,37,38)(H,40,41)/t29-/m0/s1. The zero-order valence-electron chi connectivity index (χ0n) is 25.6. The van der Waals surface area contributed by atoms with Gasteiger partial charge in [0, 0.05) is 36.3 Å². The number of aliphatic carboxylic acids is 1. The molecule has 3 aromatic rings. The Kier molecular flexibility index (Phi) is 9.30. The highest BCUT2D eigenvalue weighted by Gasteiger charge is 2.37. The summed E-state index contributed by atoms with van der Waals surface area (Å²) < 4.78 is 56.1. The molecule has 0 spiro atoms. The second-order valence-corrected chi connectivity index (χ2v) is 12.8. The van der Waals surface area contributed by atoms with Crippen LogP contribution in [0.2, 0.25) is 0 Å². The van der Waals surface area contributed by atoms with Crippen LogP contribution in [0.15, 0.2) is 36.4 Å². The minimum Gasteiger partial charge on any atom is -0.490 e. The zero-order valence-corrected chi connectivity index (χ0v) is 25.6. The van der Waals surface area contributed by atoms with E-state index in [0.717, 1.165) is 18.4 Å². The number of carboxylic acids is 1. The number of carbonyl (C=O) groups is 1. The van der Waals surface area contributed by atoms with Crippen molar-refractivity contribution in [3.05, 3.63) is 70.7 Å². The van der Waals surface area contributed by atoms with Crippen LogP contribution in [0.4, 0.5) is 24.7 Å². The molecule has 43 heavy (non-hydrogen) atoms. The first-order chi connectivity index (χ1) is 20.1. The molecule has 2 aromatic carbocycles. The first-order valence-electron chi connectivity index (χ1n) is 14.4. The highest BCUT2D eigenvalue weighted by atomic mass is 19.2. The average Bonchev–Trinajstić information content (AvgIpc) is 2.91. The predicted octanol–water partition coefficient (Wildman–Crippen LogP) is 7.25. The molecular formula is C33H40F3N3O4.